The van der Waals surface area contributed by atoms with Crippen LogP contribution in [0, 0.1) is 0 Å². The van der Waals surface area contributed by atoms with Crippen LogP contribution in [0.25, 0.3) is 0 Å². The minimum Gasteiger partial charge on any atom is -0.459 e. The molecule has 24 heavy (non-hydrogen) atoms. The number of carbonyl (C=O) groups excluding carboxylic acids is 4. The number of hydrogen-bond acceptors (Lipinski definition) is 8. The summed E-state index contributed by atoms with van der Waals surface area (Å²) in [5.74, 6) is -2.88. The Hall–Kier alpha value is -2.90. The van der Waals surface area contributed by atoms with Gasteiger partial charge >= 0.3 is 23.9 Å². The van der Waals surface area contributed by atoms with Crippen LogP contribution < -0.4 is 0 Å². The van der Waals surface area contributed by atoms with Crippen LogP contribution in [-0.4, -0.2) is 49.3 Å². The maximum absolute atomic E-state index is 11.4. The normalized spacial score (nSPS) is 12.6. The van der Waals surface area contributed by atoms with E-state index < -0.39 is 36.1 Å². The highest BCUT2D eigenvalue weighted by Crippen LogP contribution is 1.97. The largest absolute Gasteiger partial charge is 0.459 e. The summed E-state index contributed by atoms with van der Waals surface area (Å²) in [6.07, 6.45) is 2.36. The van der Waals surface area contributed by atoms with Gasteiger partial charge in [-0.15, -0.1) is 0 Å². The van der Waals surface area contributed by atoms with Gasteiger partial charge in [-0.3, -0.25) is 0 Å². The first kappa shape index (κ1) is 21.1. The van der Waals surface area contributed by atoms with Crippen LogP contribution in [0.5, 0.6) is 0 Å². The summed E-state index contributed by atoms with van der Waals surface area (Å²) in [5, 5.41) is 0. The van der Waals surface area contributed by atoms with Crippen LogP contribution in [0.1, 0.15) is 13.8 Å². The molecular formula is C16H20O8. The Morgan fingerprint density at radius 3 is 1.67 bits per heavy atom. The second kappa shape index (κ2) is 11.6. The van der Waals surface area contributed by atoms with E-state index in [1.165, 1.54) is 13.8 Å². The highest BCUT2D eigenvalue weighted by atomic mass is 16.6. The van der Waals surface area contributed by atoms with Crippen molar-refractivity contribution in [2.45, 2.75) is 26.1 Å². The van der Waals surface area contributed by atoms with E-state index in [0.29, 0.717) is 0 Å². The molecule has 0 aliphatic carbocycles. The maximum atomic E-state index is 11.4. The van der Waals surface area contributed by atoms with Crippen LogP contribution >= 0.6 is 0 Å². The zero-order chi connectivity index (χ0) is 18.5. The molecule has 0 saturated carbocycles. The lowest BCUT2D eigenvalue weighted by atomic mass is 10.4. The lowest BCUT2D eigenvalue weighted by Gasteiger charge is -2.12. The van der Waals surface area contributed by atoms with Gasteiger partial charge in [0.25, 0.3) is 0 Å². The average Bonchev–Trinajstić information content (AvgIpc) is 2.55. The Kier molecular flexibility index (Phi) is 10.2. The van der Waals surface area contributed by atoms with E-state index in [0.717, 1.165) is 24.3 Å². The van der Waals surface area contributed by atoms with E-state index in [1.54, 1.807) is 0 Å². The van der Waals surface area contributed by atoms with Crippen molar-refractivity contribution in [1.29, 1.82) is 0 Å². The van der Waals surface area contributed by atoms with Crippen molar-refractivity contribution >= 4 is 23.9 Å². The Labute approximate surface area is 139 Å². The van der Waals surface area contributed by atoms with E-state index in [1.807, 2.05) is 0 Å². The summed E-state index contributed by atoms with van der Waals surface area (Å²) in [6.45, 7) is 9.18. The summed E-state index contributed by atoms with van der Waals surface area (Å²) < 4.78 is 19.1. The number of esters is 4. The minimum atomic E-state index is -0.806. The molecule has 2 unspecified atom stereocenters. The average molecular weight is 340 g/mol. The molecule has 0 bridgehead atoms. The van der Waals surface area contributed by atoms with Gasteiger partial charge in [0.1, 0.15) is 25.4 Å². The zero-order valence-electron chi connectivity index (χ0n) is 13.6. The number of carbonyl (C=O) groups is 4. The summed E-state index contributed by atoms with van der Waals surface area (Å²) in [6, 6.07) is 0. The van der Waals surface area contributed by atoms with Gasteiger partial charge in [-0.05, 0) is 13.8 Å². The Morgan fingerprint density at radius 2 is 1.17 bits per heavy atom. The molecule has 0 amide bonds. The van der Waals surface area contributed by atoms with E-state index >= 15 is 0 Å². The molecule has 0 saturated heterocycles. The number of hydrogen-bond donors (Lipinski definition) is 0. The van der Waals surface area contributed by atoms with Crippen molar-refractivity contribution in [1.82, 2.24) is 0 Å². The first-order valence-corrected chi connectivity index (χ1v) is 6.96. The Morgan fingerprint density at radius 1 is 0.750 bits per heavy atom. The van der Waals surface area contributed by atoms with Gasteiger partial charge in [0.05, 0.1) is 0 Å². The monoisotopic (exact) mass is 340 g/mol. The third-order valence-electron chi connectivity index (χ3n) is 2.24. The first-order chi connectivity index (χ1) is 11.3. The summed E-state index contributed by atoms with van der Waals surface area (Å²) in [5.41, 5.74) is 0. The minimum absolute atomic E-state index is 0.138. The van der Waals surface area contributed by atoms with E-state index in [-0.39, 0.29) is 13.2 Å². The van der Waals surface area contributed by atoms with Crippen LogP contribution in [-0.2, 0) is 38.1 Å². The molecule has 0 aliphatic rings. The van der Waals surface area contributed by atoms with E-state index in [4.69, 9.17) is 14.2 Å². The molecular weight excluding hydrogens is 320 g/mol. The SMILES string of the molecule is C=CC(=O)OCC(C)OC(=O)/C=C/C(=O)OCC(C)OC(=O)C=C. The first-order valence-electron chi connectivity index (χ1n) is 6.96. The molecule has 0 aromatic carbocycles. The second-order valence-corrected chi connectivity index (χ2v) is 4.50. The highest BCUT2D eigenvalue weighted by molar-refractivity contribution is 5.91. The van der Waals surface area contributed by atoms with Gasteiger partial charge in [0.2, 0.25) is 0 Å². The summed E-state index contributed by atoms with van der Waals surface area (Å²) in [4.78, 5) is 44.6. The third-order valence-corrected chi connectivity index (χ3v) is 2.24. The fraction of sp³-hybridized carbons (Fsp3) is 0.375. The standard InChI is InChI=1S/C16H20O8/c1-5-13(17)21-9-12(4)24-16(20)8-7-15(19)22-10-11(3)23-14(18)6-2/h5-8,11-12H,1-2,9-10H2,3-4H3/b8-7+. The van der Waals surface area contributed by atoms with Crippen LogP contribution in [0.4, 0.5) is 0 Å². The topological polar surface area (TPSA) is 105 Å². The molecule has 0 aliphatic heterocycles. The molecule has 8 heteroatoms. The van der Waals surface area contributed by atoms with Crippen LogP contribution in [0.15, 0.2) is 37.5 Å². The molecule has 132 valence electrons. The number of ether oxygens (including phenoxy) is 4. The molecule has 0 aromatic rings. The molecule has 0 N–H and O–H groups in total. The predicted octanol–water partition coefficient (Wildman–Crippen LogP) is 0.864. The third kappa shape index (κ3) is 10.8. The Bertz CT molecular complexity index is 520. The molecule has 0 aromatic heterocycles. The van der Waals surface area contributed by atoms with Crippen molar-refractivity contribution in [2.75, 3.05) is 13.2 Å². The predicted molar refractivity (Wildman–Crippen MR) is 82.6 cm³/mol. The molecule has 0 spiro atoms. The molecule has 8 nitrogen and oxygen atoms in total. The fourth-order valence-electron chi connectivity index (χ4n) is 1.19. The van der Waals surface area contributed by atoms with Gasteiger partial charge in [-0.2, -0.15) is 0 Å². The second-order valence-electron chi connectivity index (χ2n) is 4.50. The zero-order valence-corrected chi connectivity index (χ0v) is 13.6. The van der Waals surface area contributed by atoms with Crippen LogP contribution in [0.3, 0.4) is 0 Å². The highest BCUT2D eigenvalue weighted by Gasteiger charge is 2.11. The Balaban J connectivity index is 4.09. The van der Waals surface area contributed by atoms with Gasteiger partial charge in [-0.25, -0.2) is 19.2 Å². The van der Waals surface area contributed by atoms with Crippen molar-refractivity contribution in [3.63, 3.8) is 0 Å². The lowest BCUT2D eigenvalue weighted by Crippen LogP contribution is -2.22. The fourth-order valence-corrected chi connectivity index (χ4v) is 1.19. The van der Waals surface area contributed by atoms with Crippen molar-refractivity contribution in [3.05, 3.63) is 37.5 Å². The van der Waals surface area contributed by atoms with Crippen LogP contribution in [0.2, 0.25) is 0 Å². The molecule has 2 atom stereocenters. The molecule has 0 heterocycles. The molecule has 0 fully saturated rings. The molecule has 0 rings (SSSR count). The summed E-state index contributed by atoms with van der Waals surface area (Å²) >= 11 is 0. The summed E-state index contributed by atoms with van der Waals surface area (Å²) in [7, 11) is 0. The van der Waals surface area contributed by atoms with Gasteiger partial charge in [0.15, 0.2) is 0 Å². The van der Waals surface area contributed by atoms with Gasteiger partial charge in [-0.1, -0.05) is 13.2 Å². The maximum Gasteiger partial charge on any atom is 0.331 e. The van der Waals surface area contributed by atoms with Crippen molar-refractivity contribution in [2.24, 2.45) is 0 Å². The lowest BCUT2D eigenvalue weighted by molar-refractivity contribution is -0.152. The smallest absolute Gasteiger partial charge is 0.331 e. The van der Waals surface area contributed by atoms with E-state index in [9.17, 15) is 19.2 Å². The quantitative estimate of drug-likeness (QED) is 0.328. The van der Waals surface area contributed by atoms with Gasteiger partial charge < -0.3 is 18.9 Å². The van der Waals surface area contributed by atoms with Crippen molar-refractivity contribution in [3.8, 4) is 0 Å². The van der Waals surface area contributed by atoms with Crippen molar-refractivity contribution < 1.29 is 38.1 Å². The van der Waals surface area contributed by atoms with Gasteiger partial charge in [0, 0.05) is 24.3 Å². The molecule has 0 radical (unpaired) electrons. The van der Waals surface area contributed by atoms with E-state index in [2.05, 4.69) is 17.9 Å². The number of rotatable bonds is 10.